The molecule has 3 atom stereocenters. The number of hydrogen-bond donors (Lipinski definition) is 4. The maximum Gasteiger partial charge on any atom is 0.472 e. The Morgan fingerprint density at radius 2 is 1.14 bits per heavy atom. The van der Waals surface area contributed by atoms with Crippen molar-refractivity contribution in [1.82, 2.24) is 5.32 Å². The predicted octanol–water partition coefficient (Wildman–Crippen LogP) is 11.3. The molecule has 8 nitrogen and oxygen atoms in total. The maximum atomic E-state index is 12.7. The van der Waals surface area contributed by atoms with Crippen LogP contribution in [0.2, 0.25) is 0 Å². The molecule has 1 amide bonds. The third-order valence-corrected chi connectivity index (χ3v) is 9.93. The minimum atomic E-state index is -4.33. The van der Waals surface area contributed by atoms with Gasteiger partial charge < -0.3 is 21.1 Å². The Balaban J connectivity index is 4.26. The number of aliphatic hydroxyl groups excluding tert-OH is 1. The van der Waals surface area contributed by atoms with Crippen LogP contribution >= 0.6 is 7.82 Å². The minimum absolute atomic E-state index is 0.0803. The minimum Gasteiger partial charge on any atom is -0.391 e. The lowest BCUT2D eigenvalue weighted by Crippen LogP contribution is -2.46. The van der Waals surface area contributed by atoms with Gasteiger partial charge in [0.15, 0.2) is 0 Å². The summed E-state index contributed by atoms with van der Waals surface area (Å²) in [4.78, 5) is 22.7. The zero-order valence-corrected chi connectivity index (χ0v) is 33.7. The standard InChI is InChI=1S/C42H79N2O6P/c1-3-5-7-9-11-13-15-17-19-20-22-23-25-27-29-31-33-35-41(45)40(39-50-51(47,48)49-38-37-43)44-42(46)36-34-32-30-28-26-24-21-18-16-14-12-10-8-6-4-2/h6,8,12,14,18,21,26,28,40-41,45H,3-5,7,9-11,13,15-17,19-20,22-25,27,29-39,43H2,1-2H3,(H,44,46)(H,47,48)/b8-6-,14-12-,21-18-,28-26-. The fourth-order valence-electron chi connectivity index (χ4n) is 5.83. The molecular formula is C42H79N2O6P. The van der Waals surface area contributed by atoms with Gasteiger partial charge in [0, 0.05) is 13.0 Å². The molecule has 0 fully saturated rings. The van der Waals surface area contributed by atoms with E-state index in [4.69, 9.17) is 14.8 Å². The molecule has 0 aliphatic rings. The van der Waals surface area contributed by atoms with Gasteiger partial charge >= 0.3 is 7.82 Å². The Morgan fingerprint density at radius 1 is 0.667 bits per heavy atom. The lowest BCUT2D eigenvalue weighted by atomic mass is 10.0. The zero-order valence-electron chi connectivity index (χ0n) is 32.8. The van der Waals surface area contributed by atoms with Gasteiger partial charge in [0.05, 0.1) is 25.4 Å². The molecule has 0 aromatic carbocycles. The topological polar surface area (TPSA) is 131 Å². The summed E-state index contributed by atoms with van der Waals surface area (Å²) in [5, 5.41) is 13.8. The Bertz CT molecular complexity index is 938. The summed E-state index contributed by atoms with van der Waals surface area (Å²) in [7, 11) is -4.33. The first kappa shape index (κ1) is 49.5. The lowest BCUT2D eigenvalue weighted by molar-refractivity contribution is -0.123. The number of unbranched alkanes of at least 4 members (excludes halogenated alkanes) is 18. The highest BCUT2D eigenvalue weighted by atomic mass is 31.2. The number of amides is 1. The van der Waals surface area contributed by atoms with Crippen molar-refractivity contribution in [3.05, 3.63) is 48.6 Å². The highest BCUT2D eigenvalue weighted by molar-refractivity contribution is 7.47. The molecule has 51 heavy (non-hydrogen) atoms. The van der Waals surface area contributed by atoms with Gasteiger partial charge in [0.1, 0.15) is 0 Å². The van der Waals surface area contributed by atoms with Gasteiger partial charge in [-0.25, -0.2) is 4.57 Å². The number of hydrogen-bond acceptors (Lipinski definition) is 6. The van der Waals surface area contributed by atoms with Crippen LogP contribution in [0.15, 0.2) is 48.6 Å². The molecule has 0 saturated heterocycles. The summed E-state index contributed by atoms with van der Waals surface area (Å²) in [6.45, 7) is 4.05. The molecule has 0 heterocycles. The van der Waals surface area contributed by atoms with Gasteiger partial charge in [-0.2, -0.15) is 0 Å². The van der Waals surface area contributed by atoms with Crippen molar-refractivity contribution in [2.45, 2.75) is 193 Å². The highest BCUT2D eigenvalue weighted by Crippen LogP contribution is 2.43. The Labute approximate surface area is 313 Å². The van der Waals surface area contributed by atoms with E-state index in [1.54, 1.807) is 0 Å². The van der Waals surface area contributed by atoms with Crippen molar-refractivity contribution < 1.29 is 28.4 Å². The average Bonchev–Trinajstić information content (AvgIpc) is 3.12. The largest absolute Gasteiger partial charge is 0.472 e. The number of nitrogens with one attached hydrogen (secondary N) is 1. The number of nitrogens with two attached hydrogens (primary N) is 1. The van der Waals surface area contributed by atoms with Crippen LogP contribution in [0.4, 0.5) is 0 Å². The molecular weight excluding hydrogens is 659 g/mol. The van der Waals surface area contributed by atoms with Gasteiger partial charge in [0.2, 0.25) is 5.91 Å². The number of phosphoric ester groups is 1. The molecule has 0 aliphatic carbocycles. The smallest absolute Gasteiger partial charge is 0.391 e. The molecule has 0 aromatic heterocycles. The van der Waals surface area contributed by atoms with E-state index >= 15 is 0 Å². The summed E-state index contributed by atoms with van der Waals surface area (Å²) in [5.41, 5.74) is 5.37. The second-order valence-electron chi connectivity index (χ2n) is 13.8. The lowest BCUT2D eigenvalue weighted by Gasteiger charge is -2.25. The van der Waals surface area contributed by atoms with Crippen LogP contribution < -0.4 is 11.1 Å². The number of phosphoric acid groups is 1. The van der Waals surface area contributed by atoms with Crippen LogP contribution in [0.25, 0.3) is 0 Å². The Kier molecular flexibility index (Phi) is 37.0. The molecule has 0 aliphatic heterocycles. The van der Waals surface area contributed by atoms with Crippen molar-refractivity contribution in [3.63, 3.8) is 0 Å². The number of carbonyl (C=O) groups excluding carboxylic acids is 1. The van der Waals surface area contributed by atoms with Crippen molar-refractivity contribution >= 4 is 13.7 Å². The van der Waals surface area contributed by atoms with E-state index in [2.05, 4.69) is 67.8 Å². The van der Waals surface area contributed by atoms with Crippen LogP contribution in [0, 0.1) is 0 Å². The van der Waals surface area contributed by atoms with E-state index in [0.29, 0.717) is 19.3 Å². The summed E-state index contributed by atoms with van der Waals surface area (Å²) in [6.07, 6.45) is 45.5. The SMILES string of the molecule is CC/C=C\C/C=C\C/C=C\C/C=C\CCCCC(=O)NC(COP(=O)(O)OCCN)C(O)CCCCCCCCCCCCCCCCCCC. The van der Waals surface area contributed by atoms with Gasteiger partial charge in [-0.1, -0.05) is 172 Å². The van der Waals surface area contributed by atoms with Crippen LogP contribution in [0.1, 0.15) is 181 Å². The van der Waals surface area contributed by atoms with Crippen molar-refractivity contribution in [1.29, 1.82) is 0 Å². The van der Waals surface area contributed by atoms with E-state index in [9.17, 15) is 19.4 Å². The van der Waals surface area contributed by atoms with E-state index in [1.807, 2.05) is 0 Å². The number of allylic oxidation sites excluding steroid dienone is 8. The number of aliphatic hydroxyl groups is 1. The molecule has 0 rings (SSSR count). The fraction of sp³-hybridized carbons (Fsp3) is 0.786. The summed E-state index contributed by atoms with van der Waals surface area (Å²) < 4.78 is 22.1. The monoisotopic (exact) mass is 739 g/mol. The zero-order chi connectivity index (χ0) is 37.5. The average molecular weight is 739 g/mol. The Morgan fingerprint density at radius 3 is 1.63 bits per heavy atom. The van der Waals surface area contributed by atoms with Crippen LogP contribution in [-0.4, -0.2) is 47.8 Å². The first-order valence-corrected chi connectivity index (χ1v) is 22.2. The summed E-state index contributed by atoms with van der Waals surface area (Å²) in [6, 6.07) is -0.796. The molecule has 0 aromatic rings. The quantitative estimate of drug-likeness (QED) is 0.0282. The molecule has 0 saturated carbocycles. The normalized spacial score (nSPS) is 14.7. The first-order chi connectivity index (χ1) is 24.9. The van der Waals surface area contributed by atoms with Gasteiger partial charge in [-0.3, -0.25) is 13.8 Å². The summed E-state index contributed by atoms with van der Waals surface area (Å²) >= 11 is 0. The van der Waals surface area contributed by atoms with E-state index in [1.165, 1.54) is 89.9 Å². The maximum absolute atomic E-state index is 12.7. The van der Waals surface area contributed by atoms with Gasteiger partial charge in [-0.15, -0.1) is 0 Å². The summed E-state index contributed by atoms with van der Waals surface area (Å²) in [5.74, 6) is -0.203. The third-order valence-electron chi connectivity index (χ3n) is 8.95. The second kappa shape index (κ2) is 38.2. The number of carbonyl (C=O) groups is 1. The van der Waals surface area contributed by atoms with E-state index in [0.717, 1.165) is 57.8 Å². The molecule has 9 heteroatoms. The molecule has 0 bridgehead atoms. The molecule has 0 radical (unpaired) electrons. The first-order valence-electron chi connectivity index (χ1n) is 20.8. The van der Waals surface area contributed by atoms with Crippen molar-refractivity contribution in [3.8, 4) is 0 Å². The molecule has 3 unspecified atom stereocenters. The van der Waals surface area contributed by atoms with Crippen molar-refractivity contribution in [2.24, 2.45) is 5.73 Å². The predicted molar refractivity (Wildman–Crippen MR) is 217 cm³/mol. The molecule has 298 valence electrons. The molecule has 0 spiro atoms. The van der Waals surface area contributed by atoms with Crippen molar-refractivity contribution in [2.75, 3.05) is 19.8 Å². The number of rotatable bonds is 38. The molecule has 5 N–H and O–H groups in total. The third kappa shape index (κ3) is 36.6. The second-order valence-corrected chi connectivity index (χ2v) is 15.3. The Hall–Kier alpha value is -1.54. The van der Waals surface area contributed by atoms with Gasteiger partial charge in [-0.05, 0) is 51.4 Å². The van der Waals surface area contributed by atoms with Gasteiger partial charge in [0.25, 0.3) is 0 Å². The highest BCUT2D eigenvalue weighted by Gasteiger charge is 2.27. The van der Waals surface area contributed by atoms with Crippen LogP contribution in [-0.2, 0) is 18.4 Å². The van der Waals surface area contributed by atoms with Crippen LogP contribution in [0.5, 0.6) is 0 Å². The van der Waals surface area contributed by atoms with E-state index < -0.39 is 20.0 Å². The fourth-order valence-corrected chi connectivity index (χ4v) is 6.59. The van der Waals surface area contributed by atoms with E-state index in [-0.39, 0.29) is 25.7 Å². The van der Waals surface area contributed by atoms with Crippen LogP contribution in [0.3, 0.4) is 0 Å².